The van der Waals surface area contributed by atoms with Crippen LogP contribution in [0.15, 0.2) is 18.2 Å². The molecule has 2 unspecified atom stereocenters. The van der Waals surface area contributed by atoms with Crippen LogP contribution in [0.1, 0.15) is 46.1 Å². The highest BCUT2D eigenvalue weighted by molar-refractivity contribution is 6.33. The molecule has 20 heavy (non-hydrogen) atoms. The molecule has 0 saturated carbocycles. The summed E-state index contributed by atoms with van der Waals surface area (Å²) in [6.07, 6.45) is 2.51. The molecule has 1 heterocycles. The lowest BCUT2D eigenvalue weighted by Crippen LogP contribution is -2.41. The van der Waals surface area contributed by atoms with Crippen molar-refractivity contribution in [1.29, 1.82) is 0 Å². The maximum Gasteiger partial charge on any atom is 0.0643 e. The first-order chi connectivity index (χ1) is 9.49. The molecule has 1 N–H and O–H groups in total. The normalized spacial score (nSPS) is 23.4. The molecule has 1 saturated heterocycles. The monoisotopic (exact) mass is 294 g/mol. The number of hydrogen-bond donors (Lipinski definition) is 1. The van der Waals surface area contributed by atoms with Crippen LogP contribution in [0, 0.1) is 5.92 Å². The van der Waals surface area contributed by atoms with E-state index in [-0.39, 0.29) is 0 Å². The van der Waals surface area contributed by atoms with Crippen molar-refractivity contribution in [1.82, 2.24) is 5.32 Å². The van der Waals surface area contributed by atoms with Crippen LogP contribution in [-0.2, 0) is 6.54 Å². The Labute approximate surface area is 128 Å². The summed E-state index contributed by atoms with van der Waals surface area (Å²) in [4.78, 5) is 2.50. The van der Waals surface area contributed by atoms with Crippen molar-refractivity contribution in [2.75, 3.05) is 11.4 Å². The fourth-order valence-electron chi connectivity index (χ4n) is 3.08. The van der Waals surface area contributed by atoms with E-state index >= 15 is 0 Å². The molecule has 0 aliphatic carbocycles. The Balaban J connectivity index is 2.25. The van der Waals surface area contributed by atoms with Crippen molar-refractivity contribution in [3.63, 3.8) is 0 Å². The number of anilines is 1. The molecule has 0 radical (unpaired) electrons. The zero-order valence-corrected chi connectivity index (χ0v) is 13.9. The van der Waals surface area contributed by atoms with Crippen molar-refractivity contribution in [3.8, 4) is 0 Å². The predicted molar refractivity (Wildman–Crippen MR) is 88.6 cm³/mol. The first-order valence-electron chi connectivity index (χ1n) is 7.76. The number of hydrogen-bond acceptors (Lipinski definition) is 2. The Hall–Kier alpha value is -0.730. The maximum absolute atomic E-state index is 6.51. The SMILES string of the molecule is CC1CCN(c2c(Cl)cccc2CNC(C)C)C(C)C1. The number of piperidine rings is 1. The zero-order valence-electron chi connectivity index (χ0n) is 13.1. The molecule has 1 aromatic rings. The summed E-state index contributed by atoms with van der Waals surface area (Å²) in [5, 5.41) is 4.39. The largest absolute Gasteiger partial charge is 0.367 e. The molecule has 3 heteroatoms. The van der Waals surface area contributed by atoms with E-state index in [9.17, 15) is 0 Å². The van der Waals surface area contributed by atoms with Crippen LogP contribution in [0.25, 0.3) is 0 Å². The number of halogens is 1. The van der Waals surface area contributed by atoms with Crippen molar-refractivity contribution >= 4 is 17.3 Å². The van der Waals surface area contributed by atoms with Gasteiger partial charge in [0.2, 0.25) is 0 Å². The van der Waals surface area contributed by atoms with Gasteiger partial charge in [0.1, 0.15) is 0 Å². The molecule has 2 nitrogen and oxygen atoms in total. The Morgan fingerprint density at radius 3 is 2.75 bits per heavy atom. The van der Waals surface area contributed by atoms with Crippen molar-refractivity contribution < 1.29 is 0 Å². The summed E-state index contributed by atoms with van der Waals surface area (Å²) in [7, 11) is 0. The standard InChI is InChI=1S/C17H27ClN2/c1-12(2)19-11-15-6-5-7-16(18)17(15)20-9-8-13(3)10-14(20)4/h5-7,12-14,19H,8-11H2,1-4H3. The van der Waals surface area contributed by atoms with Crippen LogP contribution >= 0.6 is 11.6 Å². The summed E-state index contributed by atoms with van der Waals surface area (Å²) in [5.74, 6) is 0.820. The third kappa shape index (κ3) is 3.67. The third-order valence-electron chi connectivity index (χ3n) is 4.20. The highest BCUT2D eigenvalue weighted by Crippen LogP contribution is 2.35. The van der Waals surface area contributed by atoms with Gasteiger partial charge in [-0.2, -0.15) is 0 Å². The maximum atomic E-state index is 6.51. The smallest absolute Gasteiger partial charge is 0.0643 e. The van der Waals surface area contributed by atoms with Crippen molar-refractivity contribution in [3.05, 3.63) is 28.8 Å². The lowest BCUT2D eigenvalue weighted by atomic mass is 9.92. The molecular formula is C17H27ClN2. The summed E-state index contributed by atoms with van der Waals surface area (Å²) in [6.45, 7) is 11.0. The van der Waals surface area contributed by atoms with Crippen molar-refractivity contribution in [2.45, 2.75) is 59.2 Å². The fraction of sp³-hybridized carbons (Fsp3) is 0.647. The molecule has 2 atom stereocenters. The van der Waals surface area contributed by atoms with Crippen LogP contribution in [0.4, 0.5) is 5.69 Å². The van der Waals surface area contributed by atoms with E-state index in [1.807, 2.05) is 6.07 Å². The molecule has 0 bridgehead atoms. The molecule has 2 rings (SSSR count). The van der Waals surface area contributed by atoms with E-state index in [1.54, 1.807) is 0 Å². The third-order valence-corrected chi connectivity index (χ3v) is 4.50. The number of benzene rings is 1. The molecule has 1 aromatic carbocycles. The van der Waals surface area contributed by atoms with Crippen molar-refractivity contribution in [2.24, 2.45) is 5.92 Å². The average Bonchev–Trinajstić information content (AvgIpc) is 2.37. The van der Waals surface area contributed by atoms with Gasteiger partial charge in [-0.25, -0.2) is 0 Å². The molecule has 1 fully saturated rings. The quantitative estimate of drug-likeness (QED) is 0.882. The van der Waals surface area contributed by atoms with Crippen LogP contribution < -0.4 is 10.2 Å². The number of rotatable bonds is 4. The second kappa shape index (κ2) is 6.82. The van der Waals surface area contributed by atoms with E-state index < -0.39 is 0 Å². The molecule has 112 valence electrons. The molecule has 1 aliphatic rings. The van der Waals surface area contributed by atoms with Gasteiger partial charge in [0.05, 0.1) is 10.7 Å². The average molecular weight is 295 g/mol. The van der Waals surface area contributed by atoms with E-state index in [2.05, 4.69) is 50.0 Å². The van der Waals surface area contributed by atoms with Gasteiger partial charge in [-0.05, 0) is 37.3 Å². The lowest BCUT2D eigenvalue weighted by Gasteiger charge is -2.40. The van der Waals surface area contributed by atoms with Crippen LogP contribution in [0.5, 0.6) is 0 Å². The molecular weight excluding hydrogens is 268 g/mol. The van der Waals surface area contributed by atoms with Crippen LogP contribution in [0.2, 0.25) is 5.02 Å². The lowest BCUT2D eigenvalue weighted by molar-refractivity contribution is 0.377. The molecule has 0 spiro atoms. The van der Waals surface area contributed by atoms with E-state index in [0.29, 0.717) is 12.1 Å². The Bertz CT molecular complexity index is 445. The zero-order chi connectivity index (χ0) is 14.7. The summed E-state index contributed by atoms with van der Waals surface area (Å²) >= 11 is 6.51. The second-order valence-electron chi connectivity index (χ2n) is 6.46. The van der Waals surface area contributed by atoms with Gasteiger partial charge in [0, 0.05) is 25.2 Å². The van der Waals surface area contributed by atoms with Gasteiger partial charge in [-0.3, -0.25) is 0 Å². The highest BCUT2D eigenvalue weighted by Gasteiger charge is 2.26. The summed E-state index contributed by atoms with van der Waals surface area (Å²) in [6, 6.07) is 7.32. The molecule has 0 aromatic heterocycles. The summed E-state index contributed by atoms with van der Waals surface area (Å²) < 4.78 is 0. The van der Waals surface area contributed by atoms with Gasteiger partial charge in [0.25, 0.3) is 0 Å². The Kier molecular flexibility index (Phi) is 5.34. The minimum atomic E-state index is 0.487. The predicted octanol–water partition coefficient (Wildman–Crippen LogP) is 4.46. The van der Waals surface area contributed by atoms with Crippen LogP contribution in [-0.4, -0.2) is 18.6 Å². The topological polar surface area (TPSA) is 15.3 Å². The van der Waals surface area contributed by atoms with E-state index in [4.69, 9.17) is 11.6 Å². The first kappa shape index (κ1) is 15.7. The number of nitrogens with one attached hydrogen (secondary N) is 1. The second-order valence-corrected chi connectivity index (χ2v) is 6.86. The summed E-state index contributed by atoms with van der Waals surface area (Å²) in [5.41, 5.74) is 2.55. The van der Waals surface area contributed by atoms with Crippen LogP contribution in [0.3, 0.4) is 0 Å². The Morgan fingerprint density at radius 2 is 2.10 bits per heavy atom. The Morgan fingerprint density at radius 1 is 1.35 bits per heavy atom. The van der Waals surface area contributed by atoms with Gasteiger partial charge >= 0.3 is 0 Å². The highest BCUT2D eigenvalue weighted by atomic mass is 35.5. The van der Waals surface area contributed by atoms with E-state index in [1.165, 1.54) is 24.1 Å². The number of para-hydroxylation sites is 1. The van der Waals surface area contributed by atoms with E-state index in [0.717, 1.165) is 24.0 Å². The number of nitrogens with zero attached hydrogens (tertiary/aromatic N) is 1. The first-order valence-corrected chi connectivity index (χ1v) is 8.14. The van der Waals surface area contributed by atoms with Gasteiger partial charge in [0.15, 0.2) is 0 Å². The molecule has 1 aliphatic heterocycles. The van der Waals surface area contributed by atoms with Gasteiger partial charge < -0.3 is 10.2 Å². The minimum Gasteiger partial charge on any atom is -0.367 e. The van der Waals surface area contributed by atoms with Gasteiger partial charge in [-0.15, -0.1) is 0 Å². The minimum absolute atomic E-state index is 0.487. The fourth-order valence-corrected chi connectivity index (χ4v) is 3.38. The molecule has 0 amide bonds. The van der Waals surface area contributed by atoms with Gasteiger partial charge in [-0.1, -0.05) is 44.5 Å².